The van der Waals surface area contributed by atoms with Crippen molar-refractivity contribution in [3.05, 3.63) is 47.6 Å². The van der Waals surface area contributed by atoms with Gasteiger partial charge in [0.25, 0.3) is 0 Å². The molecule has 1 aromatic heterocycles. The maximum absolute atomic E-state index is 5.98. The Morgan fingerprint density at radius 1 is 1.22 bits per heavy atom. The van der Waals surface area contributed by atoms with Gasteiger partial charge in [0, 0.05) is 16.8 Å². The van der Waals surface area contributed by atoms with Crippen LogP contribution < -0.4 is 10.5 Å². The number of pyridine rings is 1. The van der Waals surface area contributed by atoms with Crippen molar-refractivity contribution >= 4 is 29.2 Å². The number of aromatic nitrogens is 1. The zero-order valence-corrected chi connectivity index (χ0v) is 11.2. The van der Waals surface area contributed by atoms with Crippen molar-refractivity contribution in [1.29, 1.82) is 0 Å². The van der Waals surface area contributed by atoms with Gasteiger partial charge in [0.05, 0.1) is 11.6 Å². The molecule has 2 N–H and O–H groups in total. The Labute approximate surface area is 115 Å². The third kappa shape index (κ3) is 3.82. The number of nitrogens with two attached hydrogens (primary N) is 1. The second kappa shape index (κ2) is 6.52. The minimum Gasteiger partial charge on any atom is -0.491 e. The van der Waals surface area contributed by atoms with Crippen molar-refractivity contribution in [3.8, 4) is 5.75 Å². The lowest BCUT2D eigenvalue weighted by Crippen LogP contribution is -2.00. The van der Waals surface area contributed by atoms with Gasteiger partial charge in [-0.25, -0.2) is 4.98 Å². The van der Waals surface area contributed by atoms with Gasteiger partial charge >= 0.3 is 0 Å². The van der Waals surface area contributed by atoms with Gasteiger partial charge in [0.1, 0.15) is 11.6 Å². The summed E-state index contributed by atoms with van der Waals surface area (Å²) in [4.78, 5) is 5.10. The van der Waals surface area contributed by atoms with E-state index >= 15 is 0 Å². The van der Waals surface area contributed by atoms with Crippen molar-refractivity contribution in [2.45, 2.75) is 4.90 Å². The quantitative estimate of drug-likeness (QED) is 0.673. The molecule has 0 unspecified atom stereocenters. The summed E-state index contributed by atoms with van der Waals surface area (Å²) in [5, 5.41) is 0.636. The second-order valence-electron chi connectivity index (χ2n) is 3.55. The molecule has 18 heavy (non-hydrogen) atoms. The van der Waals surface area contributed by atoms with E-state index in [1.807, 2.05) is 30.3 Å². The molecule has 0 aliphatic heterocycles. The Balaban J connectivity index is 1.76. The number of para-hydroxylation sites is 1. The first-order valence-corrected chi connectivity index (χ1v) is 6.84. The lowest BCUT2D eigenvalue weighted by molar-refractivity contribution is 0.344. The number of benzene rings is 1. The standard InChI is InChI=1S/C13H13ClN2OS/c14-11-3-1-2-4-12(11)17-7-8-18-10-5-6-13(15)16-9-10/h1-6,9H,7-8H2,(H2,15,16). The van der Waals surface area contributed by atoms with Crippen molar-refractivity contribution < 1.29 is 4.74 Å². The van der Waals surface area contributed by atoms with Crippen molar-refractivity contribution in [3.63, 3.8) is 0 Å². The molecule has 2 rings (SSSR count). The van der Waals surface area contributed by atoms with Crippen LogP contribution >= 0.6 is 23.4 Å². The minimum atomic E-state index is 0.534. The van der Waals surface area contributed by atoms with Gasteiger partial charge in [0.2, 0.25) is 0 Å². The Morgan fingerprint density at radius 3 is 2.78 bits per heavy atom. The van der Waals surface area contributed by atoms with Crippen LogP contribution in [0.15, 0.2) is 47.5 Å². The topological polar surface area (TPSA) is 48.1 Å². The number of hydrogen-bond donors (Lipinski definition) is 1. The molecular formula is C13H13ClN2OS. The van der Waals surface area contributed by atoms with Crippen molar-refractivity contribution in [1.82, 2.24) is 4.98 Å². The van der Waals surface area contributed by atoms with Gasteiger partial charge in [-0.15, -0.1) is 11.8 Å². The summed E-state index contributed by atoms with van der Waals surface area (Å²) < 4.78 is 5.58. The molecule has 0 radical (unpaired) electrons. The van der Waals surface area contributed by atoms with E-state index in [-0.39, 0.29) is 0 Å². The molecule has 0 saturated heterocycles. The van der Waals surface area contributed by atoms with Gasteiger partial charge in [-0.05, 0) is 24.3 Å². The molecule has 0 fully saturated rings. The third-order valence-electron chi connectivity index (χ3n) is 2.21. The van der Waals surface area contributed by atoms with E-state index in [1.165, 1.54) is 0 Å². The van der Waals surface area contributed by atoms with Crippen LogP contribution in [-0.2, 0) is 0 Å². The first kappa shape index (κ1) is 13.1. The van der Waals surface area contributed by atoms with E-state index in [1.54, 1.807) is 24.0 Å². The lowest BCUT2D eigenvalue weighted by Gasteiger charge is -2.07. The lowest BCUT2D eigenvalue weighted by atomic mass is 10.3. The van der Waals surface area contributed by atoms with Crippen LogP contribution in [0.1, 0.15) is 0 Å². The van der Waals surface area contributed by atoms with Crippen LogP contribution in [0.25, 0.3) is 0 Å². The largest absolute Gasteiger partial charge is 0.491 e. The molecule has 2 aromatic rings. The number of nitrogens with zero attached hydrogens (tertiary/aromatic N) is 1. The van der Waals surface area contributed by atoms with Crippen LogP contribution in [0.2, 0.25) is 5.02 Å². The van der Waals surface area contributed by atoms with E-state index in [9.17, 15) is 0 Å². The number of anilines is 1. The highest BCUT2D eigenvalue weighted by Crippen LogP contribution is 2.24. The summed E-state index contributed by atoms with van der Waals surface area (Å²) in [6, 6.07) is 11.2. The first-order valence-electron chi connectivity index (χ1n) is 5.47. The molecule has 0 bridgehead atoms. The maximum atomic E-state index is 5.98. The molecule has 94 valence electrons. The molecule has 0 spiro atoms. The molecule has 1 heterocycles. The van der Waals surface area contributed by atoms with Crippen LogP contribution in [0.4, 0.5) is 5.82 Å². The summed E-state index contributed by atoms with van der Waals surface area (Å²) in [6.45, 7) is 0.596. The van der Waals surface area contributed by atoms with E-state index < -0.39 is 0 Å². The van der Waals surface area contributed by atoms with E-state index in [2.05, 4.69) is 4.98 Å². The molecule has 0 saturated carbocycles. The molecule has 0 aliphatic carbocycles. The average molecular weight is 281 g/mol. The van der Waals surface area contributed by atoms with Crippen LogP contribution in [0.5, 0.6) is 5.75 Å². The van der Waals surface area contributed by atoms with Gasteiger partial charge in [-0.2, -0.15) is 0 Å². The SMILES string of the molecule is Nc1ccc(SCCOc2ccccc2Cl)cn1. The number of ether oxygens (including phenoxy) is 1. The minimum absolute atomic E-state index is 0.534. The monoisotopic (exact) mass is 280 g/mol. The van der Waals surface area contributed by atoms with Crippen molar-refractivity contribution in [2.24, 2.45) is 0 Å². The van der Waals surface area contributed by atoms with E-state index in [0.717, 1.165) is 16.4 Å². The highest BCUT2D eigenvalue weighted by Gasteiger charge is 2.00. The van der Waals surface area contributed by atoms with Crippen LogP contribution in [0.3, 0.4) is 0 Å². The fourth-order valence-corrected chi connectivity index (χ4v) is 2.23. The molecular weight excluding hydrogens is 268 g/mol. The predicted molar refractivity (Wildman–Crippen MR) is 76.3 cm³/mol. The summed E-state index contributed by atoms with van der Waals surface area (Å²) in [7, 11) is 0. The molecule has 0 amide bonds. The number of rotatable bonds is 5. The van der Waals surface area contributed by atoms with Crippen molar-refractivity contribution in [2.75, 3.05) is 18.1 Å². The van der Waals surface area contributed by atoms with Crippen LogP contribution in [0, 0.1) is 0 Å². The second-order valence-corrected chi connectivity index (χ2v) is 5.12. The Bertz CT molecular complexity index is 505. The van der Waals surface area contributed by atoms with Gasteiger partial charge in [0.15, 0.2) is 0 Å². The number of thioether (sulfide) groups is 1. The Morgan fingerprint density at radius 2 is 2.06 bits per heavy atom. The fourth-order valence-electron chi connectivity index (χ4n) is 1.35. The smallest absolute Gasteiger partial charge is 0.137 e. The van der Waals surface area contributed by atoms with E-state index in [4.69, 9.17) is 22.1 Å². The van der Waals surface area contributed by atoms with Crippen LogP contribution in [-0.4, -0.2) is 17.3 Å². The zero-order chi connectivity index (χ0) is 12.8. The van der Waals surface area contributed by atoms with E-state index in [0.29, 0.717) is 17.4 Å². The Hall–Kier alpha value is -1.39. The molecule has 0 atom stereocenters. The number of hydrogen-bond acceptors (Lipinski definition) is 4. The zero-order valence-electron chi connectivity index (χ0n) is 9.67. The predicted octanol–water partition coefficient (Wildman–Crippen LogP) is 3.49. The molecule has 5 heteroatoms. The normalized spacial score (nSPS) is 10.3. The fraction of sp³-hybridized carbons (Fsp3) is 0.154. The van der Waals surface area contributed by atoms with Gasteiger partial charge < -0.3 is 10.5 Å². The number of halogens is 1. The van der Waals surface area contributed by atoms with Gasteiger partial charge in [-0.1, -0.05) is 23.7 Å². The maximum Gasteiger partial charge on any atom is 0.137 e. The summed E-state index contributed by atoms with van der Waals surface area (Å²) >= 11 is 7.65. The molecule has 1 aromatic carbocycles. The molecule has 0 aliphatic rings. The first-order chi connectivity index (χ1) is 8.75. The summed E-state index contributed by atoms with van der Waals surface area (Å²) in [6.07, 6.45) is 1.76. The van der Waals surface area contributed by atoms with Gasteiger partial charge in [-0.3, -0.25) is 0 Å². The number of nitrogen functional groups attached to an aromatic ring is 1. The average Bonchev–Trinajstić information content (AvgIpc) is 2.39. The summed E-state index contributed by atoms with van der Waals surface area (Å²) in [5.74, 6) is 2.08. The summed E-state index contributed by atoms with van der Waals surface area (Å²) in [5.41, 5.74) is 5.51. The highest BCUT2D eigenvalue weighted by molar-refractivity contribution is 7.99. The highest BCUT2D eigenvalue weighted by atomic mass is 35.5. The molecule has 3 nitrogen and oxygen atoms in total. The third-order valence-corrected chi connectivity index (χ3v) is 3.46. The Kier molecular flexibility index (Phi) is 4.73.